The maximum atomic E-state index is 5.33. The van der Waals surface area contributed by atoms with Crippen LogP contribution in [0.5, 0.6) is 0 Å². The van der Waals surface area contributed by atoms with Crippen molar-refractivity contribution in [2.45, 2.75) is 57.8 Å². The van der Waals surface area contributed by atoms with Crippen molar-refractivity contribution in [3.05, 3.63) is 440 Å². The Bertz CT molecular complexity index is 7050. The van der Waals surface area contributed by atoms with Crippen LogP contribution < -0.4 is 0 Å². The van der Waals surface area contributed by atoms with Gasteiger partial charge in [-0.05, 0) is 204 Å². The summed E-state index contributed by atoms with van der Waals surface area (Å²) in [7, 11) is 0. The van der Waals surface area contributed by atoms with Gasteiger partial charge >= 0.3 is 0 Å². The molecule has 0 amide bonds. The van der Waals surface area contributed by atoms with Crippen LogP contribution in [-0.4, -0.2) is 24.9 Å². The van der Waals surface area contributed by atoms with Crippen LogP contribution in [-0.2, 0) is 16.2 Å². The van der Waals surface area contributed by atoms with E-state index in [-0.39, 0.29) is 16.2 Å². The average molecular weight is 1570 g/mol. The molecule has 0 atom stereocenters. The second kappa shape index (κ2) is 29.7. The van der Waals surface area contributed by atoms with Gasteiger partial charge in [0.2, 0.25) is 0 Å². The van der Waals surface area contributed by atoms with Gasteiger partial charge in [0.15, 0.2) is 0 Å². The molecule has 5 aromatic heterocycles. The highest BCUT2D eigenvalue weighted by atomic mass is 14.8. The summed E-state index contributed by atoms with van der Waals surface area (Å²) in [6, 6.07) is 140. The van der Waals surface area contributed by atoms with E-state index in [1.165, 1.54) is 182 Å². The number of pyridine rings is 5. The molecular weight excluding hydrogens is 1490 g/mol. The predicted molar refractivity (Wildman–Crippen MR) is 515 cm³/mol. The second-order valence-corrected chi connectivity index (χ2v) is 34.5. The highest BCUT2D eigenvalue weighted by Gasteiger charge is 2.43. The summed E-state index contributed by atoms with van der Waals surface area (Å²) in [5.41, 5.74) is 39.3. The van der Waals surface area contributed by atoms with Gasteiger partial charge in [0.25, 0.3) is 0 Å². The lowest BCUT2D eigenvalue weighted by Crippen LogP contribution is -2.16. The van der Waals surface area contributed by atoms with E-state index in [2.05, 4.69) is 422 Å². The van der Waals surface area contributed by atoms with Crippen molar-refractivity contribution in [2.75, 3.05) is 0 Å². The first kappa shape index (κ1) is 74.1. The average Bonchev–Trinajstić information content (AvgIpc) is 1.58. The Hall–Kier alpha value is -15.2. The van der Waals surface area contributed by atoms with Crippen molar-refractivity contribution in [1.29, 1.82) is 0 Å². The second-order valence-electron chi connectivity index (χ2n) is 34.5. The SMILES string of the molecule is CC1(C)c2ccccc2-c2nc3ccc4ccccc4c3c(-c3ccc(-c4cccc(-c5ccccc5)c4)cc3)c21.CC1(C)c2ccccc2-c2nc3ccc4ccccc4c3c(-c3ccc(-c4cccc(-c5ccccn5)c4)cc3)c21.CC1(C)c2ccccc2-c2nc3ccc4ccccc4c3c(-c3ccc(-c4cccc(-c5cccnc5)c4)cc3)c21. The molecule has 0 fully saturated rings. The van der Waals surface area contributed by atoms with E-state index >= 15 is 0 Å². The summed E-state index contributed by atoms with van der Waals surface area (Å²) >= 11 is 0. The molecule has 0 saturated heterocycles. The van der Waals surface area contributed by atoms with Crippen molar-refractivity contribution >= 4 is 65.0 Å². The monoisotopic (exact) mass is 1570 g/mol. The molecule has 24 rings (SSSR count). The predicted octanol–water partition coefficient (Wildman–Crippen LogP) is 30.9. The third-order valence-electron chi connectivity index (χ3n) is 26.2. The minimum atomic E-state index is -0.172. The quantitative estimate of drug-likeness (QED) is 0.135. The first-order chi connectivity index (χ1) is 60.3. The molecule has 0 saturated carbocycles. The summed E-state index contributed by atoms with van der Waals surface area (Å²) in [5, 5.41) is 11.2. The minimum absolute atomic E-state index is 0.165. The molecule has 5 heterocycles. The summed E-state index contributed by atoms with van der Waals surface area (Å²) in [6.07, 6.45) is 5.58. The van der Waals surface area contributed by atoms with Gasteiger partial charge in [-0.25, -0.2) is 15.0 Å². The van der Waals surface area contributed by atoms with Crippen molar-refractivity contribution < 1.29 is 0 Å². The molecule has 0 N–H and O–H groups in total. The van der Waals surface area contributed by atoms with E-state index in [1.54, 1.807) is 0 Å². The van der Waals surface area contributed by atoms with Gasteiger partial charge in [-0.15, -0.1) is 0 Å². The third kappa shape index (κ3) is 12.6. The number of hydrogen-bond acceptors (Lipinski definition) is 5. The van der Waals surface area contributed by atoms with Crippen LogP contribution in [0.4, 0.5) is 0 Å². The maximum Gasteiger partial charge on any atom is 0.0759 e. The Balaban J connectivity index is 0.000000110. The van der Waals surface area contributed by atoms with E-state index in [4.69, 9.17) is 15.0 Å². The molecule has 3 aliphatic carbocycles. The Morgan fingerprint density at radius 2 is 0.512 bits per heavy atom. The van der Waals surface area contributed by atoms with E-state index in [1.807, 2.05) is 36.8 Å². The molecule has 0 unspecified atom stereocenters. The lowest BCUT2D eigenvalue weighted by molar-refractivity contribution is 0.661. The topological polar surface area (TPSA) is 64.5 Å². The Morgan fingerprint density at radius 3 is 0.878 bits per heavy atom. The van der Waals surface area contributed by atoms with Crippen molar-refractivity contribution in [3.8, 4) is 134 Å². The summed E-state index contributed by atoms with van der Waals surface area (Å²) < 4.78 is 0. The number of fused-ring (bicyclic) bond motifs is 18. The normalized spacial score (nSPS) is 13.3. The van der Waals surface area contributed by atoms with Crippen LogP contribution in [0.2, 0.25) is 0 Å². The molecule has 5 heteroatoms. The molecule has 21 aromatic rings. The highest BCUT2D eigenvalue weighted by Crippen LogP contribution is 2.58. The number of benzene rings is 16. The smallest absolute Gasteiger partial charge is 0.0759 e. The molecule has 123 heavy (non-hydrogen) atoms. The van der Waals surface area contributed by atoms with Crippen LogP contribution in [0.1, 0.15) is 74.9 Å². The van der Waals surface area contributed by atoms with Gasteiger partial charge in [0.1, 0.15) is 0 Å². The zero-order valence-corrected chi connectivity index (χ0v) is 69.4. The van der Waals surface area contributed by atoms with Crippen molar-refractivity contribution in [3.63, 3.8) is 0 Å². The van der Waals surface area contributed by atoms with Crippen molar-refractivity contribution in [2.24, 2.45) is 0 Å². The number of nitrogens with zero attached hydrogens (tertiary/aromatic N) is 5. The highest BCUT2D eigenvalue weighted by molar-refractivity contribution is 6.19. The van der Waals surface area contributed by atoms with Crippen LogP contribution in [0.25, 0.3) is 199 Å². The third-order valence-corrected chi connectivity index (χ3v) is 26.2. The van der Waals surface area contributed by atoms with Crippen LogP contribution in [0, 0.1) is 0 Å². The van der Waals surface area contributed by atoms with Crippen molar-refractivity contribution in [1.82, 2.24) is 24.9 Å². The number of rotatable bonds is 9. The molecular formula is C118H85N5. The molecule has 0 bridgehead atoms. The molecule has 16 aromatic carbocycles. The first-order valence-corrected chi connectivity index (χ1v) is 42.7. The lowest BCUT2D eigenvalue weighted by atomic mass is 9.78. The Morgan fingerprint density at radius 1 is 0.211 bits per heavy atom. The van der Waals surface area contributed by atoms with Crippen LogP contribution >= 0.6 is 0 Å². The minimum Gasteiger partial charge on any atom is -0.264 e. The van der Waals surface area contributed by atoms with E-state index in [9.17, 15) is 0 Å². The largest absolute Gasteiger partial charge is 0.264 e. The zero-order chi connectivity index (χ0) is 82.7. The molecule has 3 aliphatic rings. The van der Waals surface area contributed by atoms with Gasteiger partial charge in [0, 0.05) is 78.8 Å². The standard InChI is InChI=1S/C40H29N.2C39H28N2/c1-40(2)34-18-9-8-17-33(34)39-38(40)36(37-32-16-7-6-13-28(32)23-24-35(37)41-39)29-21-19-27(20-22-29)31-15-10-14-30(25-31)26-11-4-3-5-12-26;1-39(2)33-15-6-5-14-32(33)38-37(39)35(36-31-13-4-3-9-26(31)20-21-34(36)41-38)27-18-16-25(17-19-27)28-10-7-11-29(23-28)30-12-8-22-40-24-30;1-39(2)32-15-6-5-14-31(32)38-37(39)35(36-30-13-4-3-10-26(30)21-22-34(36)41-38)27-19-17-25(18-20-27)28-11-9-12-29(24-28)33-16-7-8-23-40-33/h3-25H,1-2H3;2*3-24H,1-2H3. The first-order valence-electron chi connectivity index (χ1n) is 42.7. The molecule has 0 spiro atoms. The molecule has 0 aliphatic heterocycles. The lowest BCUT2D eigenvalue weighted by Gasteiger charge is -2.25. The van der Waals surface area contributed by atoms with Gasteiger partial charge in [-0.2, -0.15) is 0 Å². The van der Waals surface area contributed by atoms with Crippen LogP contribution in [0.15, 0.2) is 407 Å². The van der Waals surface area contributed by atoms with Gasteiger partial charge < -0.3 is 0 Å². The fraction of sp³-hybridized carbons (Fsp3) is 0.0763. The number of aromatic nitrogens is 5. The Labute approximate surface area is 717 Å². The van der Waals surface area contributed by atoms with Gasteiger partial charge in [-0.3, -0.25) is 9.97 Å². The summed E-state index contributed by atoms with van der Waals surface area (Å²) in [4.78, 5) is 24.8. The number of hydrogen-bond donors (Lipinski definition) is 0. The van der Waals surface area contributed by atoms with Gasteiger partial charge in [0.05, 0.1) is 39.3 Å². The van der Waals surface area contributed by atoms with E-state index in [0.717, 1.165) is 50.5 Å². The molecule has 0 radical (unpaired) electrons. The zero-order valence-electron chi connectivity index (χ0n) is 69.4. The molecule has 5 nitrogen and oxygen atoms in total. The fourth-order valence-electron chi connectivity index (χ4n) is 20.3. The van der Waals surface area contributed by atoms with Gasteiger partial charge in [-0.1, -0.05) is 375 Å². The Kier molecular flexibility index (Phi) is 17.9. The summed E-state index contributed by atoms with van der Waals surface area (Å²) in [5.74, 6) is 0. The van der Waals surface area contributed by atoms with E-state index < -0.39 is 0 Å². The fourth-order valence-corrected chi connectivity index (χ4v) is 20.3. The summed E-state index contributed by atoms with van der Waals surface area (Å²) in [6.45, 7) is 14.1. The van der Waals surface area contributed by atoms with E-state index in [0.29, 0.717) is 0 Å². The van der Waals surface area contributed by atoms with Crippen LogP contribution in [0.3, 0.4) is 0 Å². The maximum absolute atomic E-state index is 5.33. The molecule has 582 valence electrons.